The van der Waals surface area contributed by atoms with E-state index in [1.807, 2.05) is 18.2 Å². The van der Waals surface area contributed by atoms with E-state index in [0.717, 1.165) is 34.9 Å². The first-order valence-corrected chi connectivity index (χ1v) is 7.73. The molecular formula is C14H17ClINO. The second-order valence-corrected chi connectivity index (χ2v) is 6.80. The lowest BCUT2D eigenvalue weighted by Crippen LogP contribution is -2.35. The Morgan fingerprint density at radius 2 is 2.00 bits per heavy atom. The molecule has 0 atom stereocenters. The number of hydrogen-bond acceptors (Lipinski definition) is 1. The van der Waals surface area contributed by atoms with Crippen molar-refractivity contribution in [3.63, 3.8) is 0 Å². The fourth-order valence-electron chi connectivity index (χ4n) is 2.42. The molecule has 1 N–H and O–H groups in total. The van der Waals surface area contributed by atoms with Crippen molar-refractivity contribution in [1.29, 1.82) is 0 Å². The SMILES string of the molecule is CC1(C(=O)Nc2ccc(Cl)cc2I)CCCCC1. The molecule has 0 spiro atoms. The van der Waals surface area contributed by atoms with Crippen LogP contribution < -0.4 is 5.32 Å². The molecule has 1 aliphatic rings. The summed E-state index contributed by atoms with van der Waals surface area (Å²) in [5, 5.41) is 3.74. The molecule has 98 valence electrons. The van der Waals surface area contributed by atoms with Crippen molar-refractivity contribution in [2.45, 2.75) is 39.0 Å². The Kier molecular flexibility index (Phi) is 4.54. The molecular weight excluding hydrogens is 361 g/mol. The van der Waals surface area contributed by atoms with Gasteiger partial charge in [-0.15, -0.1) is 0 Å². The predicted octanol–water partition coefficient (Wildman–Crippen LogP) is 4.85. The van der Waals surface area contributed by atoms with Crippen molar-refractivity contribution >= 4 is 45.8 Å². The zero-order chi connectivity index (χ0) is 13.2. The molecule has 18 heavy (non-hydrogen) atoms. The number of nitrogens with one attached hydrogen (secondary N) is 1. The maximum Gasteiger partial charge on any atom is 0.230 e. The van der Waals surface area contributed by atoms with Crippen LogP contribution in [0.5, 0.6) is 0 Å². The molecule has 1 aliphatic carbocycles. The highest BCUT2D eigenvalue weighted by Gasteiger charge is 2.34. The average molecular weight is 378 g/mol. The van der Waals surface area contributed by atoms with Gasteiger partial charge in [0.2, 0.25) is 5.91 Å². The molecule has 2 nitrogen and oxygen atoms in total. The molecule has 0 aromatic heterocycles. The van der Waals surface area contributed by atoms with Crippen molar-refractivity contribution in [2.24, 2.45) is 5.41 Å². The molecule has 0 unspecified atom stereocenters. The summed E-state index contributed by atoms with van der Waals surface area (Å²) in [5.41, 5.74) is 0.651. The quantitative estimate of drug-likeness (QED) is 0.733. The van der Waals surface area contributed by atoms with Gasteiger partial charge >= 0.3 is 0 Å². The summed E-state index contributed by atoms with van der Waals surface area (Å²) in [6.45, 7) is 2.07. The molecule has 1 fully saturated rings. The van der Waals surface area contributed by atoms with Crippen molar-refractivity contribution in [3.05, 3.63) is 26.8 Å². The molecule has 4 heteroatoms. The zero-order valence-corrected chi connectivity index (χ0v) is 13.3. The lowest BCUT2D eigenvalue weighted by Gasteiger charge is -2.32. The van der Waals surface area contributed by atoms with Gasteiger partial charge < -0.3 is 5.32 Å². The summed E-state index contributed by atoms with van der Waals surface area (Å²) >= 11 is 8.11. The van der Waals surface area contributed by atoms with Gasteiger partial charge in [0.05, 0.1) is 5.69 Å². The summed E-state index contributed by atoms with van der Waals surface area (Å²) in [4.78, 5) is 12.4. The van der Waals surface area contributed by atoms with E-state index in [4.69, 9.17) is 11.6 Å². The van der Waals surface area contributed by atoms with Gasteiger partial charge in [-0.3, -0.25) is 4.79 Å². The maximum atomic E-state index is 12.4. The number of carbonyl (C=O) groups is 1. The highest BCUT2D eigenvalue weighted by Crippen LogP contribution is 2.37. The van der Waals surface area contributed by atoms with E-state index in [1.165, 1.54) is 6.42 Å². The van der Waals surface area contributed by atoms with Gasteiger partial charge in [0.25, 0.3) is 0 Å². The minimum atomic E-state index is -0.207. The first-order chi connectivity index (χ1) is 8.51. The molecule has 0 bridgehead atoms. The summed E-state index contributed by atoms with van der Waals surface area (Å²) in [6, 6.07) is 5.54. The topological polar surface area (TPSA) is 29.1 Å². The van der Waals surface area contributed by atoms with E-state index in [1.54, 1.807) is 0 Å². The third kappa shape index (κ3) is 3.18. The second kappa shape index (κ2) is 5.78. The van der Waals surface area contributed by atoms with Gasteiger partial charge in [0.1, 0.15) is 0 Å². The fourth-order valence-corrected chi connectivity index (χ4v) is 3.43. The van der Waals surface area contributed by atoms with Crippen LogP contribution >= 0.6 is 34.2 Å². The number of rotatable bonds is 2. The number of hydrogen-bond donors (Lipinski definition) is 1. The molecule has 0 heterocycles. The second-order valence-electron chi connectivity index (χ2n) is 5.20. The number of benzene rings is 1. The lowest BCUT2D eigenvalue weighted by molar-refractivity contribution is -0.126. The van der Waals surface area contributed by atoms with Crippen LogP contribution in [0.15, 0.2) is 18.2 Å². The van der Waals surface area contributed by atoms with Gasteiger partial charge in [-0.05, 0) is 53.6 Å². The van der Waals surface area contributed by atoms with Gasteiger partial charge in [-0.25, -0.2) is 0 Å². The average Bonchev–Trinajstić information content (AvgIpc) is 2.33. The molecule has 1 aromatic rings. The highest BCUT2D eigenvalue weighted by atomic mass is 127. The molecule has 2 rings (SSSR count). The monoisotopic (exact) mass is 377 g/mol. The van der Waals surface area contributed by atoms with Crippen LogP contribution in [0.4, 0.5) is 5.69 Å². The van der Waals surface area contributed by atoms with Crippen LogP contribution in [-0.4, -0.2) is 5.91 Å². The van der Waals surface area contributed by atoms with E-state index in [9.17, 15) is 4.79 Å². The smallest absolute Gasteiger partial charge is 0.230 e. The van der Waals surface area contributed by atoms with Gasteiger partial charge in [0, 0.05) is 14.0 Å². The number of amides is 1. The normalized spacial score (nSPS) is 18.4. The Hall–Kier alpha value is -0.290. The van der Waals surface area contributed by atoms with E-state index in [-0.39, 0.29) is 11.3 Å². The van der Waals surface area contributed by atoms with Crippen LogP contribution in [0.1, 0.15) is 39.0 Å². The summed E-state index contributed by atoms with van der Waals surface area (Å²) in [6.07, 6.45) is 5.54. The van der Waals surface area contributed by atoms with Crippen molar-refractivity contribution in [3.8, 4) is 0 Å². The Morgan fingerprint density at radius 3 is 2.61 bits per heavy atom. The first kappa shape index (κ1) is 14.1. The minimum absolute atomic E-state index is 0.141. The zero-order valence-electron chi connectivity index (χ0n) is 10.4. The van der Waals surface area contributed by atoms with Crippen LogP contribution in [-0.2, 0) is 4.79 Å². The Labute approximate surface area is 127 Å². The van der Waals surface area contributed by atoms with Gasteiger partial charge in [-0.1, -0.05) is 37.8 Å². The van der Waals surface area contributed by atoms with Crippen LogP contribution in [0, 0.1) is 8.99 Å². The first-order valence-electron chi connectivity index (χ1n) is 6.28. The molecule has 0 saturated heterocycles. The van der Waals surface area contributed by atoms with E-state index < -0.39 is 0 Å². The summed E-state index contributed by atoms with van der Waals surface area (Å²) in [5.74, 6) is 0.141. The van der Waals surface area contributed by atoms with Gasteiger partial charge in [-0.2, -0.15) is 0 Å². The summed E-state index contributed by atoms with van der Waals surface area (Å²) < 4.78 is 0.979. The van der Waals surface area contributed by atoms with Crippen LogP contribution in [0.2, 0.25) is 5.02 Å². The molecule has 1 aromatic carbocycles. The van der Waals surface area contributed by atoms with Crippen LogP contribution in [0.3, 0.4) is 0 Å². The molecule has 0 aliphatic heterocycles. The summed E-state index contributed by atoms with van der Waals surface area (Å²) in [7, 11) is 0. The largest absolute Gasteiger partial charge is 0.325 e. The lowest BCUT2D eigenvalue weighted by atomic mass is 9.75. The van der Waals surface area contributed by atoms with Crippen molar-refractivity contribution < 1.29 is 4.79 Å². The predicted molar refractivity (Wildman–Crippen MR) is 84.0 cm³/mol. The van der Waals surface area contributed by atoms with Crippen molar-refractivity contribution in [2.75, 3.05) is 5.32 Å². The highest BCUT2D eigenvalue weighted by molar-refractivity contribution is 14.1. The standard InChI is InChI=1S/C14H17ClINO/c1-14(7-3-2-4-8-14)13(18)17-12-6-5-10(15)9-11(12)16/h5-6,9H,2-4,7-8H2,1H3,(H,17,18). The van der Waals surface area contributed by atoms with E-state index in [0.29, 0.717) is 5.02 Å². The molecule has 1 amide bonds. The number of anilines is 1. The number of carbonyl (C=O) groups excluding carboxylic acids is 1. The Bertz CT molecular complexity index is 455. The Morgan fingerprint density at radius 1 is 1.33 bits per heavy atom. The van der Waals surface area contributed by atoms with Crippen LogP contribution in [0.25, 0.3) is 0 Å². The third-order valence-corrected chi connectivity index (χ3v) is 4.81. The van der Waals surface area contributed by atoms with E-state index >= 15 is 0 Å². The van der Waals surface area contributed by atoms with E-state index in [2.05, 4.69) is 34.8 Å². The van der Waals surface area contributed by atoms with Crippen molar-refractivity contribution in [1.82, 2.24) is 0 Å². The molecule has 0 radical (unpaired) electrons. The number of halogens is 2. The minimum Gasteiger partial charge on any atom is -0.325 e. The maximum absolute atomic E-state index is 12.4. The third-order valence-electron chi connectivity index (χ3n) is 3.68. The van der Waals surface area contributed by atoms with Gasteiger partial charge in [0.15, 0.2) is 0 Å². The fraction of sp³-hybridized carbons (Fsp3) is 0.500. The molecule has 1 saturated carbocycles. The Balaban J connectivity index is 2.11.